The Morgan fingerprint density at radius 1 is 0.160 bits per heavy atom. The molecule has 0 aliphatic rings. The molecule has 468 valence electrons. The molecule has 0 N–H and O–H groups in total. The van der Waals surface area contributed by atoms with E-state index in [1.165, 1.54) is 161 Å². The average molecular weight is 1310 g/mol. The highest BCUT2D eigenvalue weighted by Crippen LogP contribution is 2.50. The highest BCUT2D eigenvalue weighted by Gasteiger charge is 2.23. The molecular weight excluding hydrogens is 1250 g/mol. The van der Waals surface area contributed by atoms with Crippen molar-refractivity contribution >= 4 is 162 Å². The molecule has 0 fully saturated rings. The lowest BCUT2D eigenvalue weighted by atomic mass is 9.93. The van der Waals surface area contributed by atoms with Crippen molar-refractivity contribution in [3.63, 3.8) is 0 Å². The molecule has 4 heteroatoms. The molecule has 0 atom stereocenters. The van der Waals surface area contributed by atoms with Crippen molar-refractivity contribution in [2.24, 2.45) is 0 Å². The van der Waals surface area contributed by atoms with Gasteiger partial charge in [0.25, 0.3) is 0 Å². The fourth-order valence-corrected chi connectivity index (χ4v) is 17.9. The van der Waals surface area contributed by atoms with Crippen LogP contribution in [0.4, 0.5) is 34.1 Å². The van der Waals surface area contributed by atoms with Crippen LogP contribution in [0.25, 0.3) is 149 Å². The van der Waals surface area contributed by atoms with E-state index in [9.17, 15) is 0 Å². The van der Waals surface area contributed by atoms with Crippen LogP contribution in [0.1, 0.15) is 0 Å². The average Bonchev–Trinajstić information content (AvgIpc) is 1.55. The topological polar surface area (TPSA) is 6.48 Å². The Balaban J connectivity index is 0.000000139. The second-order valence-corrected chi connectivity index (χ2v) is 27.9. The molecule has 0 aliphatic heterocycles. The zero-order chi connectivity index (χ0) is 66.0. The molecule has 0 spiro atoms. The minimum atomic E-state index is 1.13. The monoisotopic (exact) mass is 1310 g/mol. The first-order valence-electron chi connectivity index (χ1n) is 34.2. The Hall–Kier alpha value is -12.4. The van der Waals surface area contributed by atoms with Crippen LogP contribution in [0, 0.1) is 0 Å². The van der Waals surface area contributed by atoms with Crippen molar-refractivity contribution in [3.8, 4) is 44.5 Å². The molecular formula is C96H62N2S2. The van der Waals surface area contributed by atoms with Crippen LogP contribution in [0.3, 0.4) is 0 Å². The molecule has 100 heavy (non-hydrogen) atoms. The maximum atomic E-state index is 2.43. The predicted molar refractivity (Wildman–Crippen MR) is 435 cm³/mol. The summed E-state index contributed by atoms with van der Waals surface area (Å²) >= 11 is 3.79. The van der Waals surface area contributed by atoms with Gasteiger partial charge in [0.05, 0.1) is 20.8 Å². The first kappa shape index (κ1) is 58.9. The highest BCUT2D eigenvalue weighted by molar-refractivity contribution is 7.27. The van der Waals surface area contributed by atoms with Crippen LogP contribution in [0.15, 0.2) is 376 Å². The minimum absolute atomic E-state index is 1.13. The van der Waals surface area contributed by atoms with Crippen molar-refractivity contribution in [1.29, 1.82) is 0 Å². The standard InChI is InChI=1S/2C48H31NS/c1-2-11-32(12-3-1)33-21-26-37(27-22-33)49(46-20-10-19-43-44-30-25-34-13-4-7-16-40(34)47(44)50-48(43)46)38-28-23-35(24-29-38)45-31-36-14-5-6-15-39(36)41-17-8-9-18-42(41)45;1-2-10-32(11-3-1)36-14-8-15-40(31-36)49(46-19-9-18-44-45-29-24-35-13-5-7-17-43(35)47(45)50-48(44)46)39-26-22-33(23-27-39)37-25-28-42-38(30-37)21-20-34-12-4-6-16-41(34)42/h2*1-31H. The third kappa shape index (κ3) is 10.4. The number of benzene rings is 18. The zero-order valence-corrected chi connectivity index (χ0v) is 56.1. The fraction of sp³-hybridized carbons (Fsp3) is 0. The van der Waals surface area contributed by atoms with E-state index in [4.69, 9.17) is 0 Å². The van der Waals surface area contributed by atoms with Crippen LogP contribution in [0.5, 0.6) is 0 Å². The van der Waals surface area contributed by atoms with Crippen molar-refractivity contribution in [2.75, 3.05) is 9.80 Å². The minimum Gasteiger partial charge on any atom is -0.309 e. The van der Waals surface area contributed by atoms with Gasteiger partial charge in [0.1, 0.15) is 0 Å². The van der Waals surface area contributed by atoms with Crippen LogP contribution in [0.2, 0.25) is 0 Å². The number of fused-ring (bicyclic) bond motifs is 16. The molecule has 0 unspecified atom stereocenters. The van der Waals surface area contributed by atoms with Gasteiger partial charge in [0, 0.05) is 53.7 Å². The molecule has 20 aromatic rings. The largest absolute Gasteiger partial charge is 0.309 e. The fourth-order valence-electron chi connectivity index (χ4n) is 15.2. The van der Waals surface area contributed by atoms with E-state index in [1.54, 1.807) is 0 Å². The van der Waals surface area contributed by atoms with E-state index in [2.05, 4.69) is 386 Å². The Labute approximate surface area is 588 Å². The van der Waals surface area contributed by atoms with Crippen molar-refractivity contribution < 1.29 is 0 Å². The summed E-state index contributed by atoms with van der Waals surface area (Å²) in [6.07, 6.45) is 0. The number of rotatable bonds is 10. The Morgan fingerprint density at radius 3 is 1.06 bits per heavy atom. The van der Waals surface area contributed by atoms with Gasteiger partial charge in [-0.2, -0.15) is 0 Å². The Morgan fingerprint density at radius 2 is 0.490 bits per heavy atom. The smallest absolute Gasteiger partial charge is 0.0640 e. The summed E-state index contributed by atoms with van der Waals surface area (Å²) < 4.78 is 5.25. The predicted octanol–water partition coefficient (Wildman–Crippen LogP) is 28.6. The molecule has 18 aromatic carbocycles. The van der Waals surface area contributed by atoms with E-state index < -0.39 is 0 Å². The van der Waals surface area contributed by atoms with Gasteiger partial charge in [0.15, 0.2) is 0 Å². The van der Waals surface area contributed by atoms with Gasteiger partial charge in [-0.3, -0.25) is 0 Å². The summed E-state index contributed by atoms with van der Waals surface area (Å²) in [5.74, 6) is 0. The van der Waals surface area contributed by atoms with E-state index in [-0.39, 0.29) is 0 Å². The van der Waals surface area contributed by atoms with Gasteiger partial charge in [0.2, 0.25) is 0 Å². The van der Waals surface area contributed by atoms with Gasteiger partial charge in [-0.25, -0.2) is 0 Å². The zero-order valence-electron chi connectivity index (χ0n) is 54.5. The van der Waals surface area contributed by atoms with Gasteiger partial charge in [-0.05, 0) is 182 Å². The van der Waals surface area contributed by atoms with Gasteiger partial charge < -0.3 is 9.80 Å². The third-order valence-corrected chi connectivity index (χ3v) is 22.6. The maximum absolute atomic E-state index is 2.43. The van der Waals surface area contributed by atoms with Gasteiger partial charge in [-0.1, -0.05) is 303 Å². The molecule has 2 nitrogen and oxygen atoms in total. The summed E-state index contributed by atoms with van der Waals surface area (Å²) in [6.45, 7) is 0. The van der Waals surface area contributed by atoms with Crippen LogP contribution < -0.4 is 9.80 Å². The molecule has 0 bridgehead atoms. The lowest BCUT2D eigenvalue weighted by molar-refractivity contribution is 1.30. The van der Waals surface area contributed by atoms with Crippen molar-refractivity contribution in [1.82, 2.24) is 0 Å². The lowest BCUT2D eigenvalue weighted by Crippen LogP contribution is -2.10. The normalized spacial score (nSPS) is 11.6. The first-order valence-corrected chi connectivity index (χ1v) is 35.8. The summed E-state index contributed by atoms with van der Waals surface area (Å²) in [6, 6.07) is 137. The van der Waals surface area contributed by atoms with E-state index in [0.29, 0.717) is 0 Å². The highest BCUT2D eigenvalue weighted by atomic mass is 32.1. The molecule has 2 aromatic heterocycles. The molecule has 2 heterocycles. The summed E-state index contributed by atoms with van der Waals surface area (Å²) in [5, 5.41) is 20.6. The summed E-state index contributed by atoms with van der Waals surface area (Å²) in [7, 11) is 0. The summed E-state index contributed by atoms with van der Waals surface area (Å²) in [5.41, 5.74) is 16.6. The second kappa shape index (κ2) is 24.9. The number of hydrogen-bond donors (Lipinski definition) is 0. The molecule has 0 radical (unpaired) electrons. The van der Waals surface area contributed by atoms with Crippen LogP contribution >= 0.6 is 22.7 Å². The van der Waals surface area contributed by atoms with Crippen LogP contribution in [-0.2, 0) is 0 Å². The third-order valence-electron chi connectivity index (χ3n) is 20.1. The Bertz CT molecular complexity index is 6510. The van der Waals surface area contributed by atoms with E-state index >= 15 is 0 Å². The second-order valence-electron chi connectivity index (χ2n) is 25.8. The van der Waals surface area contributed by atoms with Crippen LogP contribution in [-0.4, -0.2) is 0 Å². The number of hydrogen-bond acceptors (Lipinski definition) is 4. The molecule has 0 amide bonds. The molecule has 0 aliphatic carbocycles. The molecule has 0 saturated heterocycles. The first-order chi connectivity index (χ1) is 49.6. The van der Waals surface area contributed by atoms with E-state index in [1.807, 2.05) is 22.7 Å². The number of anilines is 6. The maximum Gasteiger partial charge on any atom is 0.0640 e. The van der Waals surface area contributed by atoms with Crippen molar-refractivity contribution in [3.05, 3.63) is 376 Å². The van der Waals surface area contributed by atoms with Gasteiger partial charge >= 0.3 is 0 Å². The quantitative estimate of drug-likeness (QED) is 0.126. The summed E-state index contributed by atoms with van der Waals surface area (Å²) in [4.78, 5) is 4.86. The van der Waals surface area contributed by atoms with Crippen molar-refractivity contribution in [2.45, 2.75) is 0 Å². The number of nitrogens with zero attached hydrogens (tertiary/aromatic N) is 2. The molecule has 20 rings (SSSR count). The Kier molecular flexibility index (Phi) is 14.7. The van der Waals surface area contributed by atoms with E-state index in [0.717, 1.165) is 22.7 Å². The lowest BCUT2D eigenvalue weighted by Gasteiger charge is -2.27. The number of thiophene rings is 2. The SMILES string of the molecule is c1ccc(-c2ccc(N(c3ccc(-c4cc5ccccc5c5ccccc45)cc3)c3cccc4c3sc3c5ccccc5ccc43)cc2)cc1.c1ccc(-c2cccc(N(c3ccc(-c4ccc5c(ccc6ccccc65)c4)cc3)c3cccc4c3sc3c5ccccc5ccc43)c2)cc1. The molecule has 0 saturated carbocycles. The van der Waals surface area contributed by atoms with Gasteiger partial charge in [-0.15, -0.1) is 22.7 Å².